The van der Waals surface area contributed by atoms with E-state index in [4.69, 9.17) is 4.55 Å². The third-order valence-electron chi connectivity index (χ3n) is 2.16. The van der Waals surface area contributed by atoms with Crippen LogP contribution in [0.2, 0.25) is 0 Å². The van der Waals surface area contributed by atoms with Crippen LogP contribution in [-0.2, 0) is 28.7 Å². The lowest BCUT2D eigenvalue weighted by Gasteiger charge is -2.06. The van der Waals surface area contributed by atoms with E-state index in [1.165, 1.54) is 6.92 Å². The summed E-state index contributed by atoms with van der Waals surface area (Å²) in [7, 11) is 0. The highest BCUT2D eigenvalue weighted by Gasteiger charge is 2.10. The van der Waals surface area contributed by atoms with E-state index in [-0.39, 0.29) is 12.2 Å². The molecule has 1 atom stereocenters. The van der Waals surface area contributed by atoms with Crippen LogP contribution < -0.4 is 0 Å². The van der Waals surface area contributed by atoms with Crippen LogP contribution in [0.5, 0.6) is 0 Å². The molecule has 0 aliphatic heterocycles. The number of benzene rings is 1. The predicted molar refractivity (Wildman–Crippen MR) is 59.2 cm³/mol. The Kier molecular flexibility index (Phi) is 4.17. The van der Waals surface area contributed by atoms with Crippen molar-refractivity contribution in [3.8, 4) is 0 Å². The van der Waals surface area contributed by atoms with Crippen LogP contribution in [0.25, 0.3) is 0 Å². The first-order valence-electron chi connectivity index (χ1n) is 4.76. The van der Waals surface area contributed by atoms with Gasteiger partial charge in [0.1, 0.15) is 5.78 Å². The molecule has 0 aliphatic rings. The van der Waals surface area contributed by atoms with Crippen molar-refractivity contribution in [2.45, 2.75) is 31.6 Å². The van der Waals surface area contributed by atoms with Gasteiger partial charge in [0, 0.05) is 6.42 Å². The van der Waals surface area contributed by atoms with Crippen molar-refractivity contribution in [1.29, 1.82) is 0 Å². The molecule has 3 nitrogen and oxygen atoms in total. The fourth-order valence-electron chi connectivity index (χ4n) is 1.43. The monoisotopic (exact) mass is 226 g/mol. The summed E-state index contributed by atoms with van der Waals surface area (Å²) >= 11 is -2.02. The van der Waals surface area contributed by atoms with Gasteiger partial charge in [0.25, 0.3) is 0 Å². The SMILES string of the molecule is CCc1ccc(S(=O)O)c(CC(C)=O)c1. The van der Waals surface area contributed by atoms with E-state index in [0.29, 0.717) is 10.5 Å². The van der Waals surface area contributed by atoms with Crippen molar-refractivity contribution in [3.05, 3.63) is 29.3 Å². The number of hydrogen-bond acceptors (Lipinski definition) is 2. The lowest BCUT2D eigenvalue weighted by Crippen LogP contribution is -2.03. The number of rotatable bonds is 4. The lowest BCUT2D eigenvalue weighted by molar-refractivity contribution is -0.116. The smallest absolute Gasteiger partial charge is 0.186 e. The Morgan fingerprint density at radius 3 is 2.60 bits per heavy atom. The first-order valence-corrected chi connectivity index (χ1v) is 5.87. The van der Waals surface area contributed by atoms with Crippen molar-refractivity contribution in [3.63, 3.8) is 0 Å². The van der Waals surface area contributed by atoms with Crippen molar-refractivity contribution in [1.82, 2.24) is 0 Å². The van der Waals surface area contributed by atoms with Gasteiger partial charge < -0.3 is 4.55 Å². The third-order valence-corrected chi connectivity index (χ3v) is 2.94. The number of Topliss-reactive ketones (excluding diaryl/α,β-unsaturated/α-hetero) is 1. The summed E-state index contributed by atoms with van der Waals surface area (Å²) in [4.78, 5) is 11.3. The number of carbonyl (C=O) groups excluding carboxylic acids is 1. The summed E-state index contributed by atoms with van der Waals surface area (Å²) in [5.74, 6) is -0.00467. The summed E-state index contributed by atoms with van der Waals surface area (Å²) in [6.07, 6.45) is 1.07. The van der Waals surface area contributed by atoms with Crippen molar-refractivity contribution in [2.24, 2.45) is 0 Å². The zero-order valence-corrected chi connectivity index (χ0v) is 9.63. The first-order chi connectivity index (χ1) is 7.04. The Bertz CT molecular complexity index is 399. The molecular formula is C11H14O3S. The Morgan fingerprint density at radius 2 is 2.13 bits per heavy atom. The molecule has 4 heteroatoms. The molecule has 0 saturated carbocycles. The molecule has 0 spiro atoms. The molecule has 82 valence electrons. The molecule has 0 fully saturated rings. The van der Waals surface area contributed by atoms with Gasteiger partial charge in [0.15, 0.2) is 11.1 Å². The van der Waals surface area contributed by atoms with Gasteiger partial charge in [0.05, 0.1) is 4.90 Å². The van der Waals surface area contributed by atoms with E-state index in [0.717, 1.165) is 12.0 Å². The van der Waals surface area contributed by atoms with Crippen LogP contribution >= 0.6 is 0 Å². The Morgan fingerprint density at radius 1 is 1.47 bits per heavy atom. The van der Waals surface area contributed by atoms with Gasteiger partial charge in [-0.05, 0) is 30.5 Å². The molecule has 1 aromatic rings. The molecular weight excluding hydrogens is 212 g/mol. The minimum Gasteiger partial charge on any atom is -0.302 e. The van der Waals surface area contributed by atoms with Gasteiger partial charge >= 0.3 is 0 Å². The van der Waals surface area contributed by atoms with E-state index < -0.39 is 11.1 Å². The highest BCUT2D eigenvalue weighted by Crippen LogP contribution is 2.16. The van der Waals surface area contributed by atoms with Gasteiger partial charge in [0.2, 0.25) is 0 Å². The second kappa shape index (κ2) is 5.19. The summed E-state index contributed by atoms with van der Waals surface area (Å²) in [6, 6.07) is 5.26. The summed E-state index contributed by atoms with van der Waals surface area (Å²) in [5, 5.41) is 0. The zero-order chi connectivity index (χ0) is 11.4. The largest absolute Gasteiger partial charge is 0.302 e. The molecule has 0 saturated heterocycles. The topological polar surface area (TPSA) is 54.4 Å². The van der Waals surface area contributed by atoms with Gasteiger partial charge in [-0.25, -0.2) is 4.21 Å². The molecule has 0 bridgehead atoms. The molecule has 0 aliphatic carbocycles. The van der Waals surface area contributed by atoms with E-state index in [1.54, 1.807) is 6.07 Å². The van der Waals surface area contributed by atoms with Gasteiger partial charge in [-0.15, -0.1) is 0 Å². The normalized spacial score (nSPS) is 12.5. The maximum Gasteiger partial charge on any atom is 0.186 e. The van der Waals surface area contributed by atoms with Crippen LogP contribution in [0.4, 0.5) is 0 Å². The maximum atomic E-state index is 11.0. The highest BCUT2D eigenvalue weighted by atomic mass is 32.2. The van der Waals surface area contributed by atoms with Crippen LogP contribution in [-0.4, -0.2) is 14.5 Å². The van der Waals surface area contributed by atoms with Crippen molar-refractivity contribution in [2.75, 3.05) is 0 Å². The molecule has 15 heavy (non-hydrogen) atoms. The standard InChI is InChI=1S/C11H14O3S/c1-3-9-4-5-11(15(13)14)10(7-9)6-8(2)12/h4-5,7H,3,6H2,1-2H3,(H,13,14). The second-order valence-electron chi connectivity index (χ2n) is 3.42. The Hall–Kier alpha value is -1.00. The molecule has 0 aromatic heterocycles. The fourth-order valence-corrected chi connectivity index (χ4v) is 1.97. The summed E-state index contributed by atoms with van der Waals surface area (Å²) < 4.78 is 20.0. The van der Waals surface area contributed by atoms with Crippen LogP contribution in [0.1, 0.15) is 25.0 Å². The maximum absolute atomic E-state index is 11.0. The fraction of sp³-hybridized carbons (Fsp3) is 0.364. The number of hydrogen-bond donors (Lipinski definition) is 1. The molecule has 1 unspecified atom stereocenters. The molecule has 1 N–H and O–H groups in total. The molecule has 1 rings (SSSR count). The van der Waals surface area contributed by atoms with Gasteiger partial charge in [-0.2, -0.15) is 0 Å². The third kappa shape index (κ3) is 3.25. The van der Waals surface area contributed by atoms with E-state index in [2.05, 4.69) is 0 Å². The number of ketones is 1. The van der Waals surface area contributed by atoms with Crippen molar-refractivity contribution < 1.29 is 13.6 Å². The Balaban J connectivity index is 3.16. The highest BCUT2D eigenvalue weighted by molar-refractivity contribution is 7.79. The van der Waals surface area contributed by atoms with Crippen molar-refractivity contribution >= 4 is 16.9 Å². The van der Waals surface area contributed by atoms with E-state index in [1.807, 2.05) is 19.1 Å². The molecule has 0 heterocycles. The van der Waals surface area contributed by atoms with Gasteiger partial charge in [-0.3, -0.25) is 4.79 Å². The van der Waals surface area contributed by atoms with Crippen LogP contribution in [0.15, 0.2) is 23.1 Å². The van der Waals surface area contributed by atoms with Crippen LogP contribution in [0, 0.1) is 0 Å². The minimum atomic E-state index is -2.02. The zero-order valence-electron chi connectivity index (χ0n) is 8.82. The van der Waals surface area contributed by atoms with Gasteiger partial charge in [-0.1, -0.05) is 19.1 Å². The predicted octanol–water partition coefficient (Wildman–Crippen LogP) is 1.96. The number of aryl methyl sites for hydroxylation is 1. The van der Waals surface area contributed by atoms with E-state index in [9.17, 15) is 9.00 Å². The minimum absolute atomic E-state index is 0.00467. The van der Waals surface area contributed by atoms with E-state index >= 15 is 0 Å². The molecule has 1 aromatic carbocycles. The first kappa shape index (κ1) is 12.1. The Labute approximate surface area is 91.8 Å². The lowest BCUT2D eigenvalue weighted by atomic mass is 10.0. The summed E-state index contributed by atoms with van der Waals surface area (Å²) in [6.45, 7) is 3.48. The van der Waals surface area contributed by atoms with Crippen LogP contribution in [0.3, 0.4) is 0 Å². The average molecular weight is 226 g/mol. The number of carbonyl (C=O) groups is 1. The molecule has 0 radical (unpaired) electrons. The second-order valence-corrected chi connectivity index (χ2v) is 4.36. The quantitative estimate of drug-likeness (QED) is 0.798. The average Bonchev–Trinajstić information content (AvgIpc) is 2.16. The summed E-state index contributed by atoms with van der Waals surface area (Å²) in [5.41, 5.74) is 1.73. The molecule has 0 amide bonds.